The topological polar surface area (TPSA) is 87.7 Å². The van der Waals surface area contributed by atoms with E-state index in [1.807, 2.05) is 55.6 Å². The zero-order valence-corrected chi connectivity index (χ0v) is 14.4. The molecule has 0 aliphatic rings. The lowest BCUT2D eigenvalue weighted by atomic mass is 10.1. The van der Waals surface area contributed by atoms with Crippen LogP contribution in [0.2, 0.25) is 0 Å². The number of anilines is 2. The molecule has 3 rings (SSSR count). The van der Waals surface area contributed by atoms with Gasteiger partial charge in [-0.1, -0.05) is 18.2 Å². The van der Waals surface area contributed by atoms with Gasteiger partial charge in [-0.2, -0.15) is 0 Å². The van der Waals surface area contributed by atoms with Gasteiger partial charge in [0.25, 0.3) is 0 Å². The van der Waals surface area contributed by atoms with Crippen LogP contribution >= 0.6 is 11.3 Å². The fraction of sp³-hybridized carbons (Fsp3) is 0.167. The third kappa shape index (κ3) is 3.50. The van der Waals surface area contributed by atoms with Crippen LogP contribution in [0.4, 0.5) is 10.8 Å². The number of nitrogens with two attached hydrogens (primary N) is 1. The molecule has 0 fully saturated rings. The van der Waals surface area contributed by atoms with Gasteiger partial charge >= 0.3 is 0 Å². The fourth-order valence-corrected chi connectivity index (χ4v) is 3.04. The van der Waals surface area contributed by atoms with Gasteiger partial charge in [-0.25, -0.2) is 4.98 Å². The SMILES string of the molecule is Cc1csc(Nc2cc(-c3cccc(C(C)N)n3)ccc2C=N)n1. The number of thiazole rings is 1. The molecule has 0 aliphatic carbocycles. The van der Waals surface area contributed by atoms with Gasteiger partial charge in [0, 0.05) is 34.5 Å². The molecule has 4 N–H and O–H groups in total. The first-order chi connectivity index (χ1) is 11.6. The Kier molecular flexibility index (Phi) is 4.69. The lowest BCUT2D eigenvalue weighted by Gasteiger charge is -2.11. The largest absolute Gasteiger partial charge is 0.331 e. The molecule has 122 valence electrons. The summed E-state index contributed by atoms with van der Waals surface area (Å²) in [7, 11) is 0. The minimum absolute atomic E-state index is 0.110. The van der Waals surface area contributed by atoms with Crippen molar-refractivity contribution in [2.24, 2.45) is 5.73 Å². The summed E-state index contributed by atoms with van der Waals surface area (Å²) in [5, 5.41) is 13.7. The molecule has 0 bridgehead atoms. The number of rotatable bonds is 5. The van der Waals surface area contributed by atoms with Crippen molar-refractivity contribution in [1.29, 1.82) is 5.41 Å². The Morgan fingerprint density at radius 1 is 1.25 bits per heavy atom. The van der Waals surface area contributed by atoms with Crippen LogP contribution in [0.3, 0.4) is 0 Å². The monoisotopic (exact) mass is 337 g/mol. The van der Waals surface area contributed by atoms with Crippen molar-refractivity contribution in [2.45, 2.75) is 19.9 Å². The molecule has 1 unspecified atom stereocenters. The number of nitrogens with one attached hydrogen (secondary N) is 2. The van der Waals surface area contributed by atoms with Gasteiger partial charge < -0.3 is 16.5 Å². The minimum atomic E-state index is -0.110. The van der Waals surface area contributed by atoms with Gasteiger partial charge in [-0.3, -0.25) is 4.98 Å². The van der Waals surface area contributed by atoms with E-state index in [1.54, 1.807) is 11.3 Å². The smallest absolute Gasteiger partial charge is 0.187 e. The Labute approximate surface area is 145 Å². The quantitative estimate of drug-likeness (QED) is 0.607. The molecule has 6 heteroatoms. The first-order valence-corrected chi connectivity index (χ1v) is 8.51. The van der Waals surface area contributed by atoms with Crippen molar-refractivity contribution in [2.75, 3.05) is 5.32 Å². The summed E-state index contributed by atoms with van der Waals surface area (Å²) in [5.41, 5.74) is 11.2. The maximum absolute atomic E-state index is 7.61. The first-order valence-electron chi connectivity index (χ1n) is 7.63. The third-order valence-electron chi connectivity index (χ3n) is 3.60. The number of aromatic nitrogens is 2. The van der Waals surface area contributed by atoms with E-state index in [0.29, 0.717) is 0 Å². The van der Waals surface area contributed by atoms with E-state index in [0.717, 1.165) is 39.0 Å². The molecule has 0 radical (unpaired) electrons. The average Bonchev–Trinajstić information content (AvgIpc) is 3.00. The van der Waals surface area contributed by atoms with Crippen molar-refractivity contribution in [3.63, 3.8) is 0 Å². The number of nitrogens with zero attached hydrogens (tertiary/aromatic N) is 2. The van der Waals surface area contributed by atoms with E-state index < -0.39 is 0 Å². The molecule has 2 heterocycles. The highest BCUT2D eigenvalue weighted by Gasteiger charge is 2.09. The predicted octanol–water partition coefficient (Wildman–Crippen LogP) is 4.27. The number of hydrogen-bond acceptors (Lipinski definition) is 6. The Hall–Kier alpha value is -2.57. The third-order valence-corrected chi connectivity index (χ3v) is 4.48. The Balaban J connectivity index is 1.99. The molecule has 24 heavy (non-hydrogen) atoms. The van der Waals surface area contributed by atoms with Crippen LogP contribution in [-0.4, -0.2) is 16.2 Å². The lowest BCUT2D eigenvalue weighted by molar-refractivity contribution is 0.782. The summed E-state index contributed by atoms with van der Waals surface area (Å²) in [5.74, 6) is 0. The second kappa shape index (κ2) is 6.90. The molecule has 5 nitrogen and oxygen atoms in total. The molecular weight excluding hydrogens is 318 g/mol. The van der Waals surface area contributed by atoms with Crippen LogP contribution in [0.15, 0.2) is 41.8 Å². The van der Waals surface area contributed by atoms with E-state index in [2.05, 4.69) is 15.3 Å². The molecule has 0 amide bonds. The molecular formula is C18H19N5S. The maximum Gasteiger partial charge on any atom is 0.187 e. The number of pyridine rings is 1. The van der Waals surface area contributed by atoms with Crippen molar-refractivity contribution in [3.8, 4) is 11.3 Å². The van der Waals surface area contributed by atoms with Crippen molar-refractivity contribution >= 4 is 28.4 Å². The van der Waals surface area contributed by atoms with Crippen LogP contribution < -0.4 is 11.1 Å². The summed E-state index contributed by atoms with van der Waals surface area (Å²) >= 11 is 1.54. The van der Waals surface area contributed by atoms with Crippen LogP contribution in [-0.2, 0) is 0 Å². The van der Waals surface area contributed by atoms with Crippen molar-refractivity contribution < 1.29 is 0 Å². The highest BCUT2D eigenvalue weighted by molar-refractivity contribution is 7.13. The average molecular weight is 337 g/mol. The summed E-state index contributed by atoms with van der Waals surface area (Å²) in [6.07, 6.45) is 1.33. The second-order valence-electron chi connectivity index (χ2n) is 5.60. The summed E-state index contributed by atoms with van der Waals surface area (Å²) in [4.78, 5) is 9.05. The Morgan fingerprint density at radius 3 is 2.75 bits per heavy atom. The molecule has 0 aliphatic heterocycles. The molecule has 3 aromatic rings. The lowest BCUT2D eigenvalue weighted by Crippen LogP contribution is -2.07. The minimum Gasteiger partial charge on any atom is -0.331 e. The van der Waals surface area contributed by atoms with Crippen LogP contribution in [0.1, 0.15) is 29.9 Å². The van der Waals surface area contributed by atoms with Crippen LogP contribution in [0.5, 0.6) is 0 Å². The van der Waals surface area contributed by atoms with Crippen molar-refractivity contribution in [3.05, 3.63) is 58.7 Å². The molecule has 2 aromatic heterocycles. The second-order valence-corrected chi connectivity index (χ2v) is 6.46. The summed E-state index contributed by atoms with van der Waals surface area (Å²) in [6, 6.07) is 11.6. The van der Waals surface area contributed by atoms with Gasteiger partial charge in [0.05, 0.1) is 17.1 Å². The number of benzene rings is 1. The van der Waals surface area contributed by atoms with E-state index >= 15 is 0 Å². The van der Waals surface area contributed by atoms with Crippen LogP contribution in [0, 0.1) is 12.3 Å². The standard InChI is InChI=1S/C18H19N5S/c1-11-10-24-18(21-11)23-17-8-13(6-7-14(17)9-19)16-5-3-4-15(22-16)12(2)20/h3-10,12,19H,20H2,1-2H3,(H,21,23). The van der Waals surface area contributed by atoms with E-state index in [1.165, 1.54) is 6.21 Å². The van der Waals surface area contributed by atoms with Gasteiger partial charge in [0.2, 0.25) is 0 Å². The zero-order valence-electron chi connectivity index (χ0n) is 13.6. The van der Waals surface area contributed by atoms with Gasteiger partial charge in [0.1, 0.15) is 0 Å². The predicted molar refractivity (Wildman–Crippen MR) is 100 cm³/mol. The van der Waals surface area contributed by atoms with Gasteiger partial charge in [0.15, 0.2) is 5.13 Å². The van der Waals surface area contributed by atoms with Gasteiger partial charge in [-0.05, 0) is 32.0 Å². The highest BCUT2D eigenvalue weighted by Crippen LogP contribution is 2.28. The van der Waals surface area contributed by atoms with Gasteiger partial charge in [-0.15, -0.1) is 11.3 Å². The Bertz CT molecular complexity index is 869. The van der Waals surface area contributed by atoms with E-state index in [9.17, 15) is 0 Å². The molecule has 0 saturated heterocycles. The van der Waals surface area contributed by atoms with E-state index in [4.69, 9.17) is 11.1 Å². The summed E-state index contributed by atoms with van der Waals surface area (Å²) in [6.45, 7) is 3.88. The van der Waals surface area contributed by atoms with Crippen LogP contribution in [0.25, 0.3) is 11.3 Å². The molecule has 1 atom stereocenters. The number of aryl methyl sites for hydroxylation is 1. The van der Waals surface area contributed by atoms with Crippen molar-refractivity contribution in [1.82, 2.24) is 9.97 Å². The van der Waals surface area contributed by atoms with E-state index in [-0.39, 0.29) is 6.04 Å². The summed E-state index contributed by atoms with van der Waals surface area (Å²) < 4.78 is 0. The zero-order chi connectivity index (χ0) is 17.1. The number of hydrogen-bond donors (Lipinski definition) is 3. The fourth-order valence-electron chi connectivity index (χ4n) is 2.34. The highest BCUT2D eigenvalue weighted by atomic mass is 32.1. The Morgan fingerprint density at radius 2 is 2.08 bits per heavy atom. The molecule has 0 spiro atoms. The maximum atomic E-state index is 7.61. The normalized spacial score (nSPS) is 12.0. The first kappa shape index (κ1) is 16.3. The molecule has 0 saturated carbocycles. The molecule has 1 aromatic carbocycles.